The Hall–Kier alpha value is -1.13. The second-order valence-corrected chi connectivity index (χ2v) is 5.39. The Kier molecular flexibility index (Phi) is 5.80. The maximum absolute atomic E-state index is 13.6. The first-order valence-corrected chi connectivity index (χ1v) is 7.31. The molecule has 1 N–H and O–H groups in total. The molecule has 1 aliphatic rings. The highest BCUT2D eigenvalue weighted by Gasteiger charge is 2.16. The summed E-state index contributed by atoms with van der Waals surface area (Å²) in [5.74, 6) is -0.147. The smallest absolute Gasteiger partial charge is 0.165 e. The van der Waals surface area contributed by atoms with Crippen molar-refractivity contribution in [1.82, 2.24) is 0 Å². The van der Waals surface area contributed by atoms with Crippen LogP contribution < -0.4 is 4.74 Å². The van der Waals surface area contributed by atoms with E-state index in [1.165, 1.54) is 19.6 Å². The Labute approximate surface area is 119 Å². The van der Waals surface area contributed by atoms with Crippen LogP contribution in [0.5, 0.6) is 5.75 Å². The number of methoxy groups -OCH3 is 1. The van der Waals surface area contributed by atoms with Crippen LogP contribution in [0.15, 0.2) is 18.2 Å². The molecule has 2 atom stereocenters. The normalized spacial score (nSPS) is 20.6. The van der Waals surface area contributed by atoms with Crippen LogP contribution in [0.1, 0.15) is 37.7 Å². The number of benzene rings is 1. The number of rotatable bonds is 6. The van der Waals surface area contributed by atoms with E-state index >= 15 is 0 Å². The highest BCUT2D eigenvalue weighted by molar-refractivity contribution is 5.29. The molecule has 0 spiro atoms. The molecule has 0 aliphatic carbocycles. The van der Waals surface area contributed by atoms with Crippen molar-refractivity contribution in [3.63, 3.8) is 0 Å². The van der Waals surface area contributed by atoms with Gasteiger partial charge in [0.25, 0.3) is 0 Å². The van der Waals surface area contributed by atoms with Crippen LogP contribution in [0.25, 0.3) is 0 Å². The fourth-order valence-electron chi connectivity index (χ4n) is 2.62. The lowest BCUT2D eigenvalue weighted by Crippen LogP contribution is -2.21. The highest BCUT2D eigenvalue weighted by Crippen LogP contribution is 2.21. The van der Waals surface area contributed by atoms with Gasteiger partial charge in [0.05, 0.1) is 19.3 Å². The molecule has 1 aliphatic heterocycles. The lowest BCUT2D eigenvalue weighted by molar-refractivity contribution is 0.00234. The zero-order valence-corrected chi connectivity index (χ0v) is 12.0. The molecule has 2 rings (SSSR count). The topological polar surface area (TPSA) is 38.7 Å². The minimum Gasteiger partial charge on any atom is -0.494 e. The first-order valence-electron chi connectivity index (χ1n) is 7.31. The third kappa shape index (κ3) is 4.46. The minimum absolute atomic E-state index is 0.235. The fraction of sp³-hybridized carbons (Fsp3) is 0.625. The minimum atomic E-state index is -0.451. The summed E-state index contributed by atoms with van der Waals surface area (Å²) in [6.45, 7) is 0.838. The van der Waals surface area contributed by atoms with Gasteiger partial charge in [-0.05, 0) is 56.2 Å². The molecule has 1 saturated heterocycles. The summed E-state index contributed by atoms with van der Waals surface area (Å²) in [6, 6.07) is 4.82. The van der Waals surface area contributed by atoms with E-state index in [9.17, 15) is 9.50 Å². The standard InChI is InChI=1S/C16H23FO3/c1-19-16-8-5-12(11-15(16)17)10-13(18)6-7-14-4-2-3-9-20-14/h5,8,11,13-14,18H,2-4,6-7,9-10H2,1H3. The van der Waals surface area contributed by atoms with Crippen molar-refractivity contribution < 1.29 is 19.0 Å². The first kappa shape index (κ1) is 15.3. The first-order chi connectivity index (χ1) is 9.69. The molecule has 0 amide bonds. The zero-order valence-electron chi connectivity index (χ0n) is 12.0. The summed E-state index contributed by atoms with van der Waals surface area (Å²) in [7, 11) is 1.44. The summed E-state index contributed by atoms with van der Waals surface area (Å²) in [5.41, 5.74) is 0.792. The SMILES string of the molecule is COc1ccc(CC(O)CCC2CCCCO2)cc1F. The lowest BCUT2D eigenvalue weighted by Gasteiger charge is -2.23. The molecule has 0 radical (unpaired) electrons. The number of aliphatic hydroxyl groups excluding tert-OH is 1. The fourth-order valence-corrected chi connectivity index (χ4v) is 2.62. The van der Waals surface area contributed by atoms with Gasteiger partial charge in [-0.1, -0.05) is 6.07 Å². The van der Waals surface area contributed by atoms with Crippen LogP contribution in [0.4, 0.5) is 4.39 Å². The molecule has 112 valence electrons. The van der Waals surface area contributed by atoms with Crippen LogP contribution in [-0.2, 0) is 11.2 Å². The monoisotopic (exact) mass is 282 g/mol. The lowest BCUT2D eigenvalue weighted by atomic mass is 9.99. The van der Waals surface area contributed by atoms with Crippen molar-refractivity contribution in [3.05, 3.63) is 29.6 Å². The number of hydrogen-bond acceptors (Lipinski definition) is 3. The summed E-state index contributed by atoms with van der Waals surface area (Å²) < 4.78 is 24.1. The van der Waals surface area contributed by atoms with E-state index in [1.54, 1.807) is 12.1 Å². The summed E-state index contributed by atoms with van der Waals surface area (Å²) in [5, 5.41) is 10.0. The van der Waals surface area contributed by atoms with E-state index < -0.39 is 6.10 Å². The van der Waals surface area contributed by atoms with Crippen molar-refractivity contribution in [3.8, 4) is 5.75 Å². The molecular formula is C16H23FO3. The largest absolute Gasteiger partial charge is 0.494 e. The Morgan fingerprint density at radius 2 is 2.30 bits per heavy atom. The molecule has 20 heavy (non-hydrogen) atoms. The molecule has 1 aromatic rings. The van der Waals surface area contributed by atoms with Crippen molar-refractivity contribution in [2.24, 2.45) is 0 Å². The number of hydrogen-bond donors (Lipinski definition) is 1. The van der Waals surface area contributed by atoms with E-state index in [0.717, 1.165) is 31.4 Å². The highest BCUT2D eigenvalue weighted by atomic mass is 19.1. The molecule has 0 bridgehead atoms. The van der Waals surface area contributed by atoms with Crippen molar-refractivity contribution in [2.45, 2.75) is 50.7 Å². The average molecular weight is 282 g/mol. The Morgan fingerprint density at radius 3 is 2.95 bits per heavy atom. The molecule has 1 heterocycles. The van der Waals surface area contributed by atoms with Crippen LogP contribution in [0.2, 0.25) is 0 Å². The van der Waals surface area contributed by atoms with Crippen molar-refractivity contribution in [1.29, 1.82) is 0 Å². The zero-order chi connectivity index (χ0) is 14.4. The average Bonchev–Trinajstić information content (AvgIpc) is 2.46. The van der Waals surface area contributed by atoms with Gasteiger partial charge in [0.1, 0.15) is 0 Å². The van der Waals surface area contributed by atoms with Crippen LogP contribution in [0, 0.1) is 5.82 Å². The molecule has 1 aromatic carbocycles. The van der Waals surface area contributed by atoms with E-state index in [1.807, 2.05) is 0 Å². The third-order valence-electron chi connectivity index (χ3n) is 3.78. The van der Waals surface area contributed by atoms with Crippen LogP contribution in [-0.4, -0.2) is 31.0 Å². The Bertz CT molecular complexity index is 416. The predicted molar refractivity (Wildman–Crippen MR) is 75.5 cm³/mol. The maximum Gasteiger partial charge on any atom is 0.165 e. The molecule has 2 unspecified atom stereocenters. The van der Waals surface area contributed by atoms with Crippen LogP contribution >= 0.6 is 0 Å². The van der Waals surface area contributed by atoms with Gasteiger partial charge in [0.2, 0.25) is 0 Å². The number of aliphatic hydroxyl groups is 1. The Morgan fingerprint density at radius 1 is 1.45 bits per heavy atom. The van der Waals surface area contributed by atoms with E-state index in [-0.39, 0.29) is 17.7 Å². The predicted octanol–water partition coefficient (Wildman–Crippen LogP) is 3.09. The van der Waals surface area contributed by atoms with E-state index in [4.69, 9.17) is 9.47 Å². The van der Waals surface area contributed by atoms with E-state index in [0.29, 0.717) is 12.8 Å². The molecule has 0 saturated carbocycles. The van der Waals surface area contributed by atoms with Gasteiger partial charge in [0.15, 0.2) is 11.6 Å². The molecule has 0 aromatic heterocycles. The molecule has 3 nitrogen and oxygen atoms in total. The van der Waals surface area contributed by atoms with Crippen LogP contribution in [0.3, 0.4) is 0 Å². The summed E-state index contributed by atoms with van der Waals surface area (Å²) in [6.07, 6.45) is 5.31. The third-order valence-corrected chi connectivity index (χ3v) is 3.78. The van der Waals surface area contributed by atoms with Gasteiger partial charge in [-0.2, -0.15) is 0 Å². The summed E-state index contributed by atoms with van der Waals surface area (Å²) in [4.78, 5) is 0. The van der Waals surface area contributed by atoms with Gasteiger partial charge in [0, 0.05) is 6.61 Å². The Balaban J connectivity index is 1.78. The van der Waals surface area contributed by atoms with Gasteiger partial charge < -0.3 is 14.6 Å². The second-order valence-electron chi connectivity index (χ2n) is 5.39. The van der Waals surface area contributed by atoms with Crippen molar-refractivity contribution in [2.75, 3.05) is 13.7 Å². The maximum atomic E-state index is 13.6. The number of ether oxygens (including phenoxy) is 2. The van der Waals surface area contributed by atoms with Gasteiger partial charge in [-0.15, -0.1) is 0 Å². The quantitative estimate of drug-likeness (QED) is 0.871. The second kappa shape index (κ2) is 7.60. The van der Waals surface area contributed by atoms with Gasteiger partial charge in [-0.25, -0.2) is 4.39 Å². The van der Waals surface area contributed by atoms with Crippen molar-refractivity contribution >= 4 is 0 Å². The van der Waals surface area contributed by atoms with Gasteiger partial charge in [-0.3, -0.25) is 0 Å². The molecule has 1 fully saturated rings. The molecule has 4 heteroatoms. The molecular weight excluding hydrogens is 259 g/mol. The van der Waals surface area contributed by atoms with Gasteiger partial charge >= 0.3 is 0 Å². The summed E-state index contributed by atoms with van der Waals surface area (Å²) >= 11 is 0. The van der Waals surface area contributed by atoms with E-state index in [2.05, 4.69) is 0 Å². The number of halogens is 1.